The van der Waals surface area contributed by atoms with Gasteiger partial charge in [0.15, 0.2) is 0 Å². The van der Waals surface area contributed by atoms with Gasteiger partial charge in [-0.15, -0.1) is 0 Å². The van der Waals surface area contributed by atoms with Crippen LogP contribution in [0.4, 0.5) is 0 Å². The molecular weight excluding hydrogens is 258 g/mol. The van der Waals surface area contributed by atoms with Gasteiger partial charge in [-0.3, -0.25) is 0 Å². The van der Waals surface area contributed by atoms with Gasteiger partial charge in [-0.1, -0.05) is 24.6 Å². The quantitative estimate of drug-likeness (QED) is 0.886. The molecule has 102 valence electrons. The molecule has 0 saturated heterocycles. The number of aryl methyl sites for hydroxylation is 3. The second kappa shape index (κ2) is 5.81. The number of halogens is 1. The molecule has 1 N–H and O–H groups in total. The molecule has 2 nitrogen and oxygen atoms in total. The van der Waals surface area contributed by atoms with E-state index in [0.717, 1.165) is 22.9 Å². The highest BCUT2D eigenvalue weighted by Crippen LogP contribution is 2.31. The van der Waals surface area contributed by atoms with Crippen LogP contribution < -0.4 is 5.32 Å². The molecule has 1 aromatic heterocycles. The van der Waals surface area contributed by atoms with Crippen molar-refractivity contribution >= 4 is 11.6 Å². The third-order valence-corrected chi connectivity index (χ3v) is 3.88. The highest BCUT2D eigenvalue weighted by molar-refractivity contribution is 6.31. The van der Waals surface area contributed by atoms with Crippen LogP contribution in [0.2, 0.25) is 5.02 Å². The fraction of sp³-hybridized carbons (Fsp3) is 0.375. The zero-order valence-electron chi connectivity index (χ0n) is 11.9. The van der Waals surface area contributed by atoms with Crippen molar-refractivity contribution in [2.45, 2.75) is 33.7 Å². The van der Waals surface area contributed by atoms with E-state index in [9.17, 15) is 0 Å². The fourth-order valence-electron chi connectivity index (χ4n) is 2.40. The topological polar surface area (TPSA) is 25.2 Å². The maximum Gasteiger partial charge on any atom is 0.105 e. The number of benzene rings is 1. The summed E-state index contributed by atoms with van der Waals surface area (Å²) in [5.74, 6) is 0.956. The Bertz CT molecular complexity index is 574. The first-order chi connectivity index (χ1) is 9.04. The van der Waals surface area contributed by atoms with E-state index in [-0.39, 0.29) is 6.04 Å². The molecule has 1 unspecified atom stereocenters. The van der Waals surface area contributed by atoms with Crippen LogP contribution in [0.5, 0.6) is 0 Å². The molecule has 1 heterocycles. The minimum absolute atomic E-state index is 0.153. The Morgan fingerprint density at radius 1 is 1.16 bits per heavy atom. The van der Waals surface area contributed by atoms with Crippen molar-refractivity contribution in [3.63, 3.8) is 0 Å². The Labute approximate surface area is 119 Å². The lowest BCUT2D eigenvalue weighted by Gasteiger charge is -2.21. The van der Waals surface area contributed by atoms with E-state index in [1.54, 1.807) is 6.26 Å². The number of hydrogen-bond donors (Lipinski definition) is 1. The summed E-state index contributed by atoms with van der Waals surface area (Å²) in [4.78, 5) is 0. The molecule has 0 aliphatic rings. The average molecular weight is 278 g/mol. The van der Waals surface area contributed by atoms with E-state index in [4.69, 9.17) is 16.0 Å². The lowest BCUT2D eigenvalue weighted by molar-refractivity contribution is 0.519. The lowest BCUT2D eigenvalue weighted by Crippen LogP contribution is -2.23. The van der Waals surface area contributed by atoms with Gasteiger partial charge in [-0.05, 0) is 56.1 Å². The molecule has 0 saturated carbocycles. The van der Waals surface area contributed by atoms with Crippen molar-refractivity contribution in [2.24, 2.45) is 0 Å². The standard InChI is InChI=1S/C16H20ClNO/c1-5-18-16(13-6-7-19-12(13)4)14-8-11(3)15(17)9-10(14)2/h6-9,16,18H,5H2,1-4H3. The van der Waals surface area contributed by atoms with Crippen LogP contribution in [0.15, 0.2) is 28.9 Å². The highest BCUT2D eigenvalue weighted by atomic mass is 35.5. The largest absolute Gasteiger partial charge is 0.469 e. The molecule has 0 spiro atoms. The molecule has 0 radical (unpaired) electrons. The van der Waals surface area contributed by atoms with E-state index < -0.39 is 0 Å². The summed E-state index contributed by atoms with van der Waals surface area (Å²) in [7, 11) is 0. The molecule has 0 aliphatic heterocycles. The summed E-state index contributed by atoms with van der Waals surface area (Å²) >= 11 is 6.18. The van der Waals surface area contributed by atoms with Crippen molar-refractivity contribution in [1.29, 1.82) is 0 Å². The summed E-state index contributed by atoms with van der Waals surface area (Å²) in [5, 5.41) is 4.35. The maximum absolute atomic E-state index is 6.18. The van der Waals surface area contributed by atoms with Crippen LogP contribution >= 0.6 is 11.6 Å². The van der Waals surface area contributed by atoms with E-state index in [2.05, 4.69) is 25.2 Å². The van der Waals surface area contributed by atoms with Crippen molar-refractivity contribution in [1.82, 2.24) is 5.32 Å². The van der Waals surface area contributed by atoms with Crippen molar-refractivity contribution in [3.8, 4) is 0 Å². The van der Waals surface area contributed by atoms with Gasteiger partial charge in [0.1, 0.15) is 5.76 Å². The third-order valence-electron chi connectivity index (χ3n) is 3.48. The van der Waals surface area contributed by atoms with E-state index in [1.807, 2.05) is 26.0 Å². The predicted molar refractivity (Wildman–Crippen MR) is 79.9 cm³/mol. The number of furan rings is 1. The van der Waals surface area contributed by atoms with Crippen molar-refractivity contribution in [3.05, 3.63) is 57.5 Å². The minimum Gasteiger partial charge on any atom is -0.469 e. The van der Waals surface area contributed by atoms with Gasteiger partial charge < -0.3 is 9.73 Å². The van der Waals surface area contributed by atoms with Crippen LogP contribution in [0.25, 0.3) is 0 Å². The Morgan fingerprint density at radius 3 is 2.47 bits per heavy atom. The first-order valence-electron chi connectivity index (χ1n) is 6.58. The second-order valence-corrected chi connectivity index (χ2v) is 5.29. The van der Waals surface area contributed by atoms with Crippen LogP contribution in [0, 0.1) is 20.8 Å². The molecule has 3 heteroatoms. The van der Waals surface area contributed by atoms with Gasteiger partial charge in [0.25, 0.3) is 0 Å². The zero-order chi connectivity index (χ0) is 14.0. The summed E-state index contributed by atoms with van der Waals surface area (Å²) in [5.41, 5.74) is 4.74. The normalized spacial score (nSPS) is 12.7. The SMILES string of the molecule is CCNC(c1cc(C)c(Cl)cc1C)c1ccoc1C. The molecule has 0 aliphatic carbocycles. The summed E-state index contributed by atoms with van der Waals surface area (Å²) in [6.45, 7) is 9.14. The number of hydrogen-bond acceptors (Lipinski definition) is 2. The fourth-order valence-corrected chi connectivity index (χ4v) is 2.62. The van der Waals surface area contributed by atoms with Gasteiger partial charge in [-0.2, -0.15) is 0 Å². The molecule has 0 bridgehead atoms. The van der Waals surface area contributed by atoms with Crippen LogP contribution in [-0.4, -0.2) is 6.54 Å². The van der Waals surface area contributed by atoms with Gasteiger partial charge in [0.05, 0.1) is 12.3 Å². The number of nitrogens with one attached hydrogen (secondary N) is 1. The molecule has 0 fully saturated rings. The first kappa shape index (κ1) is 14.2. The predicted octanol–water partition coefficient (Wildman–Crippen LogP) is 4.56. The van der Waals surface area contributed by atoms with Crippen molar-refractivity contribution in [2.75, 3.05) is 6.54 Å². The van der Waals surface area contributed by atoms with Crippen LogP contribution in [0.3, 0.4) is 0 Å². The Balaban J connectivity index is 2.51. The summed E-state index contributed by atoms with van der Waals surface area (Å²) in [6.07, 6.45) is 1.74. The van der Waals surface area contributed by atoms with Crippen molar-refractivity contribution < 1.29 is 4.42 Å². The van der Waals surface area contributed by atoms with Gasteiger partial charge in [0.2, 0.25) is 0 Å². The van der Waals surface area contributed by atoms with E-state index in [1.165, 1.54) is 16.7 Å². The van der Waals surface area contributed by atoms with Gasteiger partial charge >= 0.3 is 0 Å². The molecule has 19 heavy (non-hydrogen) atoms. The third kappa shape index (κ3) is 2.85. The lowest BCUT2D eigenvalue weighted by atomic mass is 9.93. The van der Waals surface area contributed by atoms with Gasteiger partial charge in [-0.25, -0.2) is 0 Å². The molecule has 0 amide bonds. The molecule has 1 aromatic carbocycles. The molecule has 2 rings (SSSR count). The first-order valence-corrected chi connectivity index (χ1v) is 6.96. The second-order valence-electron chi connectivity index (χ2n) is 4.88. The summed E-state index contributed by atoms with van der Waals surface area (Å²) in [6, 6.07) is 6.38. The Hall–Kier alpha value is -1.25. The van der Waals surface area contributed by atoms with E-state index >= 15 is 0 Å². The monoisotopic (exact) mass is 277 g/mol. The Morgan fingerprint density at radius 2 is 1.89 bits per heavy atom. The van der Waals surface area contributed by atoms with Crippen LogP contribution in [0.1, 0.15) is 41.0 Å². The number of rotatable bonds is 4. The highest BCUT2D eigenvalue weighted by Gasteiger charge is 2.19. The summed E-state index contributed by atoms with van der Waals surface area (Å²) < 4.78 is 5.44. The van der Waals surface area contributed by atoms with Crippen LogP contribution in [-0.2, 0) is 0 Å². The minimum atomic E-state index is 0.153. The zero-order valence-corrected chi connectivity index (χ0v) is 12.6. The maximum atomic E-state index is 6.18. The Kier molecular flexibility index (Phi) is 4.33. The van der Waals surface area contributed by atoms with Gasteiger partial charge in [0, 0.05) is 10.6 Å². The molecule has 1 atom stereocenters. The molecular formula is C16H20ClNO. The average Bonchev–Trinajstić information content (AvgIpc) is 2.77. The van der Waals surface area contributed by atoms with E-state index in [0.29, 0.717) is 0 Å². The smallest absolute Gasteiger partial charge is 0.105 e. The molecule has 2 aromatic rings.